The van der Waals surface area contributed by atoms with Crippen molar-refractivity contribution < 1.29 is 4.79 Å². The van der Waals surface area contributed by atoms with Crippen molar-refractivity contribution in [3.63, 3.8) is 0 Å². The first-order valence-electron chi connectivity index (χ1n) is 6.66. The highest BCUT2D eigenvalue weighted by Crippen LogP contribution is 2.14. The van der Waals surface area contributed by atoms with Crippen LogP contribution < -0.4 is 5.73 Å². The van der Waals surface area contributed by atoms with Gasteiger partial charge in [0.1, 0.15) is 6.04 Å². The van der Waals surface area contributed by atoms with Crippen molar-refractivity contribution in [3.05, 3.63) is 71.3 Å². The molecule has 0 bridgehead atoms. The Morgan fingerprint density at radius 1 is 1.19 bits per heavy atom. The molecule has 2 aromatic rings. The molecule has 0 fully saturated rings. The zero-order valence-electron chi connectivity index (χ0n) is 11.9. The lowest BCUT2D eigenvalue weighted by molar-refractivity contribution is -0.131. The molecular formula is C17H17N3O. The zero-order valence-corrected chi connectivity index (χ0v) is 11.9. The summed E-state index contributed by atoms with van der Waals surface area (Å²) in [6.45, 7) is 0.463. The number of carbonyl (C=O) groups is 1. The summed E-state index contributed by atoms with van der Waals surface area (Å²) in [4.78, 5) is 13.9. The lowest BCUT2D eigenvalue weighted by Gasteiger charge is -2.21. The largest absolute Gasteiger partial charge is 0.340 e. The number of amides is 1. The van der Waals surface area contributed by atoms with Gasteiger partial charge in [-0.05, 0) is 23.3 Å². The normalized spacial score (nSPS) is 11.5. The van der Waals surface area contributed by atoms with Crippen LogP contribution in [-0.4, -0.2) is 17.9 Å². The second kappa shape index (κ2) is 6.69. The quantitative estimate of drug-likeness (QED) is 0.932. The fourth-order valence-corrected chi connectivity index (χ4v) is 2.08. The number of nitriles is 1. The Morgan fingerprint density at radius 3 is 2.38 bits per heavy atom. The van der Waals surface area contributed by atoms with Crippen LogP contribution in [0.5, 0.6) is 0 Å². The second-order valence-corrected chi connectivity index (χ2v) is 4.89. The molecule has 0 saturated heterocycles. The molecule has 106 valence electrons. The summed E-state index contributed by atoms with van der Waals surface area (Å²) in [5, 5.41) is 8.77. The van der Waals surface area contributed by atoms with Gasteiger partial charge in [0, 0.05) is 13.6 Å². The lowest BCUT2D eigenvalue weighted by atomic mass is 10.1. The Morgan fingerprint density at radius 2 is 1.81 bits per heavy atom. The van der Waals surface area contributed by atoms with Gasteiger partial charge in [0.05, 0.1) is 11.6 Å². The molecule has 0 saturated carbocycles. The third kappa shape index (κ3) is 3.68. The first kappa shape index (κ1) is 14.8. The van der Waals surface area contributed by atoms with Gasteiger partial charge in [-0.1, -0.05) is 42.5 Å². The van der Waals surface area contributed by atoms with E-state index in [0.717, 1.165) is 11.1 Å². The van der Waals surface area contributed by atoms with Crippen molar-refractivity contribution >= 4 is 5.91 Å². The molecule has 1 atom stereocenters. The van der Waals surface area contributed by atoms with Crippen LogP contribution in [0.15, 0.2) is 54.6 Å². The minimum atomic E-state index is -0.658. The summed E-state index contributed by atoms with van der Waals surface area (Å²) >= 11 is 0. The Hall–Kier alpha value is -2.64. The van der Waals surface area contributed by atoms with E-state index in [1.54, 1.807) is 24.1 Å². The molecule has 1 amide bonds. The maximum atomic E-state index is 12.3. The van der Waals surface area contributed by atoms with Crippen LogP contribution >= 0.6 is 0 Å². The van der Waals surface area contributed by atoms with E-state index in [9.17, 15) is 4.79 Å². The van der Waals surface area contributed by atoms with Gasteiger partial charge >= 0.3 is 0 Å². The van der Waals surface area contributed by atoms with Crippen LogP contribution in [0.2, 0.25) is 0 Å². The summed E-state index contributed by atoms with van der Waals surface area (Å²) in [5.41, 5.74) is 8.37. The summed E-state index contributed by atoms with van der Waals surface area (Å²) in [6, 6.07) is 17.9. The van der Waals surface area contributed by atoms with E-state index in [0.29, 0.717) is 12.1 Å². The minimum absolute atomic E-state index is 0.134. The Labute approximate surface area is 124 Å². The number of hydrogen-bond donors (Lipinski definition) is 1. The maximum absolute atomic E-state index is 12.3. The molecule has 0 aliphatic heterocycles. The molecular weight excluding hydrogens is 262 g/mol. The van der Waals surface area contributed by atoms with Gasteiger partial charge in [-0.2, -0.15) is 5.26 Å². The van der Waals surface area contributed by atoms with Crippen molar-refractivity contribution in [3.8, 4) is 6.07 Å². The highest BCUT2D eigenvalue weighted by Gasteiger charge is 2.19. The third-order valence-corrected chi connectivity index (χ3v) is 3.30. The van der Waals surface area contributed by atoms with Crippen LogP contribution in [0.25, 0.3) is 0 Å². The molecule has 0 heterocycles. The van der Waals surface area contributed by atoms with Crippen molar-refractivity contribution in [1.82, 2.24) is 4.90 Å². The molecule has 0 aromatic heterocycles. The van der Waals surface area contributed by atoms with Crippen molar-refractivity contribution in [1.29, 1.82) is 5.26 Å². The molecule has 0 spiro atoms. The SMILES string of the molecule is CN(Cc1ccc(C#N)cc1)C(=O)C(N)c1ccccc1. The first-order valence-corrected chi connectivity index (χ1v) is 6.66. The van der Waals surface area contributed by atoms with Crippen LogP contribution in [0.1, 0.15) is 22.7 Å². The molecule has 0 aliphatic carbocycles. The average molecular weight is 279 g/mol. The fourth-order valence-electron chi connectivity index (χ4n) is 2.08. The summed E-state index contributed by atoms with van der Waals surface area (Å²) in [7, 11) is 1.73. The standard InChI is InChI=1S/C17H17N3O/c1-20(12-14-9-7-13(11-18)8-10-14)17(21)16(19)15-5-3-2-4-6-15/h2-10,16H,12,19H2,1H3. The van der Waals surface area contributed by atoms with Gasteiger partial charge in [-0.15, -0.1) is 0 Å². The number of nitrogens with two attached hydrogens (primary N) is 1. The van der Waals surface area contributed by atoms with Crippen LogP contribution in [0.4, 0.5) is 0 Å². The number of likely N-dealkylation sites (N-methyl/N-ethyl adjacent to an activating group) is 1. The summed E-state index contributed by atoms with van der Waals surface area (Å²) in [5.74, 6) is -0.134. The van der Waals surface area contributed by atoms with Gasteiger partial charge in [-0.25, -0.2) is 0 Å². The number of rotatable bonds is 4. The summed E-state index contributed by atoms with van der Waals surface area (Å²) < 4.78 is 0. The van der Waals surface area contributed by atoms with Crippen LogP contribution in [0, 0.1) is 11.3 Å². The molecule has 0 radical (unpaired) electrons. The molecule has 0 aliphatic rings. The van der Waals surface area contributed by atoms with E-state index in [4.69, 9.17) is 11.0 Å². The Kier molecular flexibility index (Phi) is 4.70. The molecule has 2 N–H and O–H groups in total. The number of carbonyl (C=O) groups excluding carboxylic acids is 1. The van der Waals surface area contributed by atoms with Crippen molar-refractivity contribution in [2.45, 2.75) is 12.6 Å². The monoisotopic (exact) mass is 279 g/mol. The van der Waals surface area contributed by atoms with Crippen molar-refractivity contribution in [2.24, 2.45) is 5.73 Å². The fraction of sp³-hybridized carbons (Fsp3) is 0.176. The smallest absolute Gasteiger partial charge is 0.244 e. The molecule has 4 heteroatoms. The van der Waals surface area contributed by atoms with Crippen molar-refractivity contribution in [2.75, 3.05) is 7.05 Å². The lowest BCUT2D eigenvalue weighted by Crippen LogP contribution is -2.35. The van der Waals surface area contributed by atoms with E-state index in [-0.39, 0.29) is 5.91 Å². The van der Waals surface area contributed by atoms with E-state index < -0.39 is 6.04 Å². The molecule has 21 heavy (non-hydrogen) atoms. The number of hydrogen-bond acceptors (Lipinski definition) is 3. The number of nitrogens with zero attached hydrogens (tertiary/aromatic N) is 2. The molecule has 2 rings (SSSR count). The summed E-state index contributed by atoms with van der Waals surface area (Å²) in [6.07, 6.45) is 0. The van der Waals surface area contributed by atoms with Crippen LogP contribution in [0.3, 0.4) is 0 Å². The number of benzene rings is 2. The molecule has 2 aromatic carbocycles. The predicted molar refractivity (Wildman–Crippen MR) is 81.0 cm³/mol. The van der Waals surface area contributed by atoms with Crippen LogP contribution in [-0.2, 0) is 11.3 Å². The zero-order chi connectivity index (χ0) is 15.2. The third-order valence-electron chi connectivity index (χ3n) is 3.30. The Bertz CT molecular complexity index is 644. The average Bonchev–Trinajstić information content (AvgIpc) is 2.55. The van der Waals surface area contributed by atoms with E-state index >= 15 is 0 Å². The van der Waals surface area contributed by atoms with E-state index in [1.807, 2.05) is 42.5 Å². The first-order chi connectivity index (χ1) is 10.1. The minimum Gasteiger partial charge on any atom is -0.340 e. The highest BCUT2D eigenvalue weighted by molar-refractivity contribution is 5.82. The predicted octanol–water partition coefficient (Wildman–Crippen LogP) is 2.22. The topological polar surface area (TPSA) is 70.1 Å². The second-order valence-electron chi connectivity index (χ2n) is 4.89. The van der Waals surface area contributed by atoms with Gasteiger partial charge in [0.25, 0.3) is 0 Å². The van der Waals surface area contributed by atoms with E-state index in [2.05, 4.69) is 6.07 Å². The highest BCUT2D eigenvalue weighted by atomic mass is 16.2. The molecule has 4 nitrogen and oxygen atoms in total. The van der Waals surface area contributed by atoms with Gasteiger partial charge in [0.2, 0.25) is 5.91 Å². The maximum Gasteiger partial charge on any atom is 0.244 e. The van der Waals surface area contributed by atoms with Gasteiger partial charge < -0.3 is 10.6 Å². The Balaban J connectivity index is 2.03. The van der Waals surface area contributed by atoms with Gasteiger partial charge in [0.15, 0.2) is 0 Å². The van der Waals surface area contributed by atoms with Gasteiger partial charge in [-0.3, -0.25) is 4.79 Å². The van der Waals surface area contributed by atoms with E-state index in [1.165, 1.54) is 0 Å². The molecule has 1 unspecified atom stereocenters.